The van der Waals surface area contributed by atoms with Crippen LogP contribution in [-0.4, -0.2) is 34.9 Å². The van der Waals surface area contributed by atoms with Gasteiger partial charge in [0.15, 0.2) is 0 Å². The number of rotatable bonds is 0. The lowest BCUT2D eigenvalue weighted by atomic mass is 10.6. The highest BCUT2D eigenvalue weighted by atomic mass is 16.9. The molecule has 0 bridgehead atoms. The van der Waals surface area contributed by atoms with Crippen LogP contribution in [0.25, 0.3) is 0 Å². The van der Waals surface area contributed by atoms with Gasteiger partial charge in [0.1, 0.15) is 0 Å². The smallest absolute Gasteiger partial charge is 0.433 e. The van der Waals surface area contributed by atoms with Crippen molar-refractivity contribution in [1.82, 2.24) is 10.1 Å². The predicted octanol–water partition coefficient (Wildman–Crippen LogP) is 0.272. The zero-order valence-electron chi connectivity index (χ0n) is 5.52. The highest BCUT2D eigenvalue weighted by Gasteiger charge is 2.15. The van der Waals surface area contributed by atoms with Crippen LogP contribution >= 0.6 is 0 Å². The molecule has 0 saturated heterocycles. The molecule has 5 nitrogen and oxygen atoms in total. The number of hydroxylamine groups is 4. The monoisotopic (exact) mass is 144 g/mol. The first-order valence-corrected chi connectivity index (χ1v) is 2.78. The summed E-state index contributed by atoms with van der Waals surface area (Å²) in [5, 5.41) is 10.5. The molecule has 0 aromatic rings. The molecule has 1 N–H and O–H groups in total. The Kier molecular flexibility index (Phi) is 1.77. The minimum atomic E-state index is -1.09. The summed E-state index contributed by atoms with van der Waals surface area (Å²) in [5.74, 6) is 0. The molecule has 56 valence electrons. The molecule has 0 atom stereocenters. The zero-order valence-corrected chi connectivity index (χ0v) is 5.52. The Morgan fingerprint density at radius 2 is 2.50 bits per heavy atom. The average molecular weight is 144 g/mol. The van der Waals surface area contributed by atoms with E-state index in [1.54, 1.807) is 19.3 Å². The van der Waals surface area contributed by atoms with Crippen LogP contribution in [0.2, 0.25) is 0 Å². The number of hydrogen-bond acceptors (Lipinski definition) is 3. The summed E-state index contributed by atoms with van der Waals surface area (Å²) >= 11 is 0. The van der Waals surface area contributed by atoms with E-state index in [-0.39, 0.29) is 6.54 Å². The van der Waals surface area contributed by atoms with E-state index in [1.807, 2.05) is 0 Å². The lowest BCUT2D eigenvalue weighted by Crippen LogP contribution is -2.37. The van der Waals surface area contributed by atoms with Gasteiger partial charge in [0.25, 0.3) is 0 Å². The van der Waals surface area contributed by atoms with E-state index in [4.69, 9.17) is 10.0 Å². The van der Waals surface area contributed by atoms with Crippen molar-refractivity contribution >= 4 is 6.09 Å². The van der Waals surface area contributed by atoms with Gasteiger partial charge >= 0.3 is 6.09 Å². The van der Waals surface area contributed by atoms with Crippen molar-refractivity contribution in [2.24, 2.45) is 0 Å². The van der Waals surface area contributed by atoms with E-state index in [0.29, 0.717) is 0 Å². The van der Waals surface area contributed by atoms with E-state index in [0.717, 1.165) is 5.06 Å². The Labute approximate surface area is 58.0 Å². The summed E-state index contributed by atoms with van der Waals surface area (Å²) in [6.07, 6.45) is 2.26. The summed E-state index contributed by atoms with van der Waals surface area (Å²) in [5.41, 5.74) is 0. The predicted molar refractivity (Wildman–Crippen MR) is 32.7 cm³/mol. The van der Waals surface area contributed by atoms with Crippen molar-refractivity contribution in [2.75, 3.05) is 13.6 Å². The molecule has 10 heavy (non-hydrogen) atoms. The molecule has 1 aliphatic rings. The molecule has 1 amide bonds. The lowest BCUT2D eigenvalue weighted by molar-refractivity contribution is -0.273. The van der Waals surface area contributed by atoms with Crippen LogP contribution < -0.4 is 0 Å². The normalized spacial score (nSPS) is 17.7. The molecule has 0 aromatic heterocycles. The third-order valence-electron chi connectivity index (χ3n) is 1.03. The summed E-state index contributed by atoms with van der Waals surface area (Å²) in [6.45, 7) is 0.277. The third-order valence-corrected chi connectivity index (χ3v) is 1.03. The molecule has 1 heterocycles. The molecule has 0 saturated carbocycles. The number of amides is 1. The Balaban J connectivity index is 2.52. The van der Waals surface area contributed by atoms with Gasteiger partial charge in [-0.1, -0.05) is 0 Å². The second-order valence-electron chi connectivity index (χ2n) is 1.86. The largest absolute Gasteiger partial charge is 0.463 e. The van der Waals surface area contributed by atoms with Crippen LogP contribution in [0.5, 0.6) is 0 Å². The minimum absolute atomic E-state index is 0.277. The lowest BCUT2D eigenvalue weighted by Gasteiger charge is -2.25. The summed E-state index contributed by atoms with van der Waals surface area (Å²) < 4.78 is 0. The van der Waals surface area contributed by atoms with Crippen molar-refractivity contribution in [3.05, 3.63) is 12.3 Å². The fourth-order valence-corrected chi connectivity index (χ4v) is 0.620. The van der Waals surface area contributed by atoms with Crippen LogP contribution in [0.3, 0.4) is 0 Å². The average Bonchev–Trinajstić information content (AvgIpc) is 1.88. The maximum absolute atomic E-state index is 10.2. The summed E-state index contributed by atoms with van der Waals surface area (Å²) in [4.78, 5) is 15.0. The van der Waals surface area contributed by atoms with Gasteiger partial charge in [-0.15, -0.1) is 4.94 Å². The van der Waals surface area contributed by atoms with Crippen molar-refractivity contribution in [2.45, 2.75) is 0 Å². The van der Waals surface area contributed by atoms with Crippen LogP contribution in [0.4, 0.5) is 4.79 Å². The van der Waals surface area contributed by atoms with E-state index in [2.05, 4.69) is 0 Å². The molecule has 1 rings (SSSR count). The second-order valence-corrected chi connectivity index (χ2v) is 1.86. The number of nitrogens with zero attached hydrogens (tertiary/aromatic N) is 2. The van der Waals surface area contributed by atoms with Crippen molar-refractivity contribution < 1.29 is 14.8 Å². The number of hydrogen-bond donors (Lipinski definition) is 1. The highest BCUT2D eigenvalue weighted by molar-refractivity contribution is 5.63. The third kappa shape index (κ3) is 1.38. The Bertz CT molecular complexity index is 168. The first-order valence-electron chi connectivity index (χ1n) is 2.78. The first kappa shape index (κ1) is 6.88. The molecule has 0 aliphatic carbocycles. The standard InChI is InChI=1S/C5H8N2O3/c1-6-3-2-4-7(10-6)5(8)9/h2-3H,4H2,1H3,(H,8,9). The zero-order chi connectivity index (χ0) is 7.56. The molecule has 5 heteroatoms. The number of carbonyl (C=O) groups is 1. The van der Waals surface area contributed by atoms with Crippen molar-refractivity contribution in [3.63, 3.8) is 0 Å². The Hall–Kier alpha value is -1.23. The SMILES string of the molecule is CN1C=CCN(C(=O)O)O1. The van der Waals surface area contributed by atoms with Crippen LogP contribution in [0.1, 0.15) is 0 Å². The van der Waals surface area contributed by atoms with Gasteiger partial charge < -0.3 is 5.11 Å². The van der Waals surface area contributed by atoms with E-state index in [1.165, 1.54) is 5.06 Å². The second kappa shape index (κ2) is 2.57. The highest BCUT2D eigenvalue weighted by Crippen LogP contribution is 2.01. The minimum Gasteiger partial charge on any atom is -0.463 e. The fourth-order valence-electron chi connectivity index (χ4n) is 0.620. The molecular formula is C5H8N2O3. The topological polar surface area (TPSA) is 53.0 Å². The van der Waals surface area contributed by atoms with Gasteiger partial charge in [0, 0.05) is 13.2 Å². The fraction of sp³-hybridized carbons (Fsp3) is 0.400. The quantitative estimate of drug-likeness (QED) is 0.530. The first-order chi connectivity index (χ1) is 4.70. The Morgan fingerprint density at radius 1 is 1.80 bits per heavy atom. The molecule has 1 aliphatic heterocycles. The summed E-state index contributed by atoms with van der Waals surface area (Å²) in [6, 6.07) is 0. The van der Waals surface area contributed by atoms with Crippen molar-refractivity contribution in [1.29, 1.82) is 0 Å². The molecule has 0 fully saturated rings. The van der Waals surface area contributed by atoms with E-state index >= 15 is 0 Å². The maximum atomic E-state index is 10.2. The number of carboxylic acid groups (broad SMARTS) is 1. The van der Waals surface area contributed by atoms with Gasteiger partial charge in [-0.3, -0.25) is 0 Å². The molecule has 0 radical (unpaired) electrons. The van der Waals surface area contributed by atoms with Crippen LogP contribution in [0, 0.1) is 0 Å². The van der Waals surface area contributed by atoms with Gasteiger partial charge in [-0.05, 0) is 6.08 Å². The molecular weight excluding hydrogens is 136 g/mol. The van der Waals surface area contributed by atoms with E-state index < -0.39 is 6.09 Å². The molecule has 0 spiro atoms. The van der Waals surface area contributed by atoms with Gasteiger partial charge in [0.05, 0.1) is 6.54 Å². The van der Waals surface area contributed by atoms with Crippen LogP contribution in [0.15, 0.2) is 12.3 Å². The summed E-state index contributed by atoms with van der Waals surface area (Å²) in [7, 11) is 1.62. The van der Waals surface area contributed by atoms with Gasteiger partial charge in [-0.2, -0.15) is 5.06 Å². The van der Waals surface area contributed by atoms with Crippen LogP contribution in [-0.2, 0) is 4.94 Å². The van der Waals surface area contributed by atoms with Gasteiger partial charge in [-0.25, -0.2) is 9.86 Å². The van der Waals surface area contributed by atoms with Crippen molar-refractivity contribution in [3.8, 4) is 0 Å². The molecule has 0 unspecified atom stereocenters. The van der Waals surface area contributed by atoms with Gasteiger partial charge in [0.2, 0.25) is 0 Å². The van der Waals surface area contributed by atoms with E-state index in [9.17, 15) is 4.79 Å². The maximum Gasteiger partial charge on any atom is 0.433 e. The Morgan fingerprint density at radius 3 is 2.90 bits per heavy atom. The molecule has 0 aromatic carbocycles.